The maximum Gasteiger partial charge on any atom is 0.335 e. The van der Waals surface area contributed by atoms with Crippen molar-refractivity contribution in [2.24, 2.45) is 0 Å². The molecule has 4 aromatic rings. The van der Waals surface area contributed by atoms with E-state index in [2.05, 4.69) is 5.32 Å². The van der Waals surface area contributed by atoms with E-state index in [1.807, 2.05) is 12.1 Å². The van der Waals surface area contributed by atoms with Gasteiger partial charge in [0.25, 0.3) is 11.8 Å². The lowest BCUT2D eigenvalue weighted by Crippen LogP contribution is -2.54. The topological polar surface area (TPSA) is 94.2 Å². The Morgan fingerprint density at radius 2 is 1.49 bits per heavy atom. The lowest BCUT2D eigenvalue weighted by molar-refractivity contribution is -0.122. The molecule has 0 radical (unpaired) electrons. The van der Waals surface area contributed by atoms with Crippen LogP contribution in [0, 0.1) is 0 Å². The molecular weight excluding hydrogens is 615 g/mol. The van der Waals surface area contributed by atoms with Crippen molar-refractivity contribution in [1.82, 2.24) is 5.32 Å². The standard InChI is InChI=1S/C32H23Cl3N2O6/c1-41-29-15-20(4-13-28(29)43-18-21-5-8-23(34)16-27(21)35)14-26-30(38)36-32(40)37(31(26)39)24-9-11-25(12-10-24)42-17-19-2-6-22(33)7-3-19/h2-16H,17-18H2,1H3,(H,36,38,40)/b26-14+. The van der Waals surface area contributed by atoms with Crippen molar-refractivity contribution in [3.8, 4) is 17.2 Å². The number of imide groups is 2. The van der Waals surface area contributed by atoms with Gasteiger partial charge in [0.1, 0.15) is 24.5 Å². The number of anilines is 1. The van der Waals surface area contributed by atoms with Crippen LogP contribution in [0.25, 0.3) is 6.08 Å². The van der Waals surface area contributed by atoms with Crippen LogP contribution in [0.15, 0.2) is 90.5 Å². The molecule has 5 rings (SSSR count). The number of benzene rings is 4. The van der Waals surface area contributed by atoms with Gasteiger partial charge in [-0.1, -0.05) is 59.1 Å². The Balaban J connectivity index is 1.31. The molecule has 0 unspecified atom stereocenters. The number of nitrogens with zero attached hydrogens (tertiary/aromatic N) is 1. The fourth-order valence-electron chi connectivity index (χ4n) is 4.18. The molecule has 4 amide bonds. The first-order chi connectivity index (χ1) is 20.7. The number of rotatable bonds is 9. The molecule has 1 saturated heterocycles. The number of amides is 4. The van der Waals surface area contributed by atoms with Crippen molar-refractivity contribution >= 4 is 64.4 Å². The monoisotopic (exact) mass is 636 g/mol. The SMILES string of the molecule is COc1cc(/C=C2\C(=O)NC(=O)N(c3ccc(OCc4ccc(Cl)cc4)cc3)C2=O)ccc1OCc1ccc(Cl)cc1Cl. The predicted octanol–water partition coefficient (Wildman–Crippen LogP) is 7.48. The van der Waals surface area contributed by atoms with Gasteiger partial charge in [-0.25, -0.2) is 9.69 Å². The summed E-state index contributed by atoms with van der Waals surface area (Å²) in [7, 11) is 1.47. The molecule has 11 heteroatoms. The Bertz CT molecular complexity index is 1720. The normalized spacial score (nSPS) is 14.1. The van der Waals surface area contributed by atoms with Crippen molar-refractivity contribution in [2.75, 3.05) is 12.0 Å². The molecule has 0 aromatic heterocycles. The van der Waals surface area contributed by atoms with Crippen molar-refractivity contribution in [2.45, 2.75) is 13.2 Å². The van der Waals surface area contributed by atoms with Crippen LogP contribution < -0.4 is 24.4 Å². The Morgan fingerprint density at radius 3 is 2.19 bits per heavy atom. The van der Waals surface area contributed by atoms with Crippen molar-refractivity contribution < 1.29 is 28.6 Å². The third-order valence-corrected chi connectivity index (χ3v) is 7.25. The number of hydrogen-bond acceptors (Lipinski definition) is 6. The number of halogens is 3. The fourth-order valence-corrected chi connectivity index (χ4v) is 4.77. The first-order valence-electron chi connectivity index (χ1n) is 12.9. The second kappa shape index (κ2) is 13.2. The summed E-state index contributed by atoms with van der Waals surface area (Å²) in [6.07, 6.45) is 1.38. The van der Waals surface area contributed by atoms with Gasteiger partial charge in [-0.3, -0.25) is 14.9 Å². The number of barbiturate groups is 1. The average molecular weight is 638 g/mol. The van der Waals surface area contributed by atoms with Crippen LogP contribution in [0.4, 0.5) is 10.5 Å². The summed E-state index contributed by atoms with van der Waals surface area (Å²) < 4.78 is 17.1. The minimum Gasteiger partial charge on any atom is -0.493 e. The first-order valence-corrected chi connectivity index (χ1v) is 14.0. The Morgan fingerprint density at radius 1 is 0.767 bits per heavy atom. The lowest BCUT2D eigenvalue weighted by Gasteiger charge is -2.26. The van der Waals surface area contributed by atoms with E-state index >= 15 is 0 Å². The second-order valence-electron chi connectivity index (χ2n) is 9.30. The zero-order chi connectivity index (χ0) is 30.5. The molecular formula is C32H23Cl3N2O6. The van der Waals surface area contributed by atoms with Gasteiger partial charge in [-0.2, -0.15) is 0 Å². The summed E-state index contributed by atoms with van der Waals surface area (Å²) in [5.74, 6) is -0.273. The highest BCUT2D eigenvalue weighted by atomic mass is 35.5. The number of carbonyl (C=O) groups excluding carboxylic acids is 3. The summed E-state index contributed by atoms with van der Waals surface area (Å²) in [6.45, 7) is 0.471. The van der Waals surface area contributed by atoms with Gasteiger partial charge in [0.15, 0.2) is 11.5 Å². The molecule has 1 N–H and O–H groups in total. The van der Waals surface area contributed by atoms with Gasteiger partial charge >= 0.3 is 6.03 Å². The average Bonchev–Trinajstić information content (AvgIpc) is 2.99. The Labute approximate surface area is 262 Å². The number of urea groups is 1. The van der Waals surface area contributed by atoms with Crippen LogP contribution in [0.3, 0.4) is 0 Å². The number of carbonyl (C=O) groups is 3. The third kappa shape index (κ3) is 7.11. The largest absolute Gasteiger partial charge is 0.493 e. The van der Waals surface area contributed by atoms with Crippen LogP contribution in [-0.2, 0) is 22.8 Å². The van der Waals surface area contributed by atoms with Crippen molar-refractivity contribution in [3.63, 3.8) is 0 Å². The predicted molar refractivity (Wildman–Crippen MR) is 165 cm³/mol. The van der Waals surface area contributed by atoms with E-state index < -0.39 is 17.8 Å². The molecule has 1 aliphatic rings. The second-order valence-corrected chi connectivity index (χ2v) is 10.6. The van der Waals surface area contributed by atoms with E-state index in [0.29, 0.717) is 44.5 Å². The summed E-state index contributed by atoms with van der Waals surface area (Å²) >= 11 is 18.1. The van der Waals surface area contributed by atoms with Gasteiger partial charge in [0.05, 0.1) is 12.8 Å². The van der Waals surface area contributed by atoms with Crippen molar-refractivity contribution in [3.05, 3.63) is 122 Å². The van der Waals surface area contributed by atoms with Crippen LogP contribution in [0.1, 0.15) is 16.7 Å². The van der Waals surface area contributed by atoms with Crippen LogP contribution in [-0.4, -0.2) is 25.0 Å². The maximum absolute atomic E-state index is 13.4. The summed E-state index contributed by atoms with van der Waals surface area (Å²) in [4.78, 5) is 39.6. The number of hydrogen-bond donors (Lipinski definition) is 1. The van der Waals surface area contributed by atoms with Gasteiger partial charge in [0.2, 0.25) is 0 Å². The van der Waals surface area contributed by atoms with E-state index in [1.54, 1.807) is 72.8 Å². The van der Waals surface area contributed by atoms with E-state index in [4.69, 9.17) is 49.0 Å². The highest BCUT2D eigenvalue weighted by Crippen LogP contribution is 2.32. The van der Waals surface area contributed by atoms with Gasteiger partial charge in [-0.05, 0) is 77.9 Å². The maximum atomic E-state index is 13.4. The molecule has 1 fully saturated rings. The zero-order valence-electron chi connectivity index (χ0n) is 22.6. The quantitative estimate of drug-likeness (QED) is 0.151. The molecule has 43 heavy (non-hydrogen) atoms. The smallest absolute Gasteiger partial charge is 0.335 e. The number of ether oxygens (including phenoxy) is 3. The van der Waals surface area contributed by atoms with Crippen LogP contribution in [0.5, 0.6) is 17.2 Å². The molecule has 0 spiro atoms. The van der Waals surface area contributed by atoms with E-state index in [-0.39, 0.29) is 17.9 Å². The summed E-state index contributed by atoms with van der Waals surface area (Å²) in [5, 5.41) is 3.83. The van der Waals surface area contributed by atoms with Crippen molar-refractivity contribution in [1.29, 1.82) is 0 Å². The zero-order valence-corrected chi connectivity index (χ0v) is 24.9. The molecule has 0 bridgehead atoms. The summed E-state index contributed by atoms with van der Waals surface area (Å²) in [5.41, 5.74) is 2.17. The minimum atomic E-state index is -0.857. The van der Waals surface area contributed by atoms with Crippen LogP contribution in [0.2, 0.25) is 15.1 Å². The first kappa shape index (κ1) is 30.0. The summed E-state index contributed by atoms with van der Waals surface area (Å²) in [6, 6.07) is 22.8. The molecule has 8 nitrogen and oxygen atoms in total. The molecule has 0 saturated carbocycles. The van der Waals surface area contributed by atoms with Gasteiger partial charge in [0, 0.05) is 20.6 Å². The van der Waals surface area contributed by atoms with E-state index in [9.17, 15) is 14.4 Å². The van der Waals surface area contributed by atoms with Crippen LogP contribution >= 0.6 is 34.8 Å². The molecule has 0 aliphatic carbocycles. The number of nitrogens with one attached hydrogen (secondary N) is 1. The lowest BCUT2D eigenvalue weighted by atomic mass is 10.1. The van der Waals surface area contributed by atoms with Gasteiger partial charge in [-0.15, -0.1) is 0 Å². The van der Waals surface area contributed by atoms with E-state index in [1.165, 1.54) is 13.2 Å². The number of methoxy groups -OCH3 is 1. The molecule has 218 valence electrons. The molecule has 1 heterocycles. The Hall–Kier alpha value is -4.50. The highest BCUT2D eigenvalue weighted by molar-refractivity contribution is 6.39. The van der Waals surface area contributed by atoms with Gasteiger partial charge < -0.3 is 14.2 Å². The Kier molecular flexibility index (Phi) is 9.21. The molecule has 1 aliphatic heterocycles. The molecule has 0 atom stereocenters. The molecule has 4 aromatic carbocycles. The van der Waals surface area contributed by atoms with E-state index in [0.717, 1.165) is 16.0 Å². The fraction of sp³-hybridized carbons (Fsp3) is 0.0938. The third-order valence-electron chi connectivity index (χ3n) is 6.41. The highest BCUT2D eigenvalue weighted by Gasteiger charge is 2.36. The minimum absolute atomic E-state index is 0.162.